The Balaban J connectivity index is 3.11. The number of sulfone groups is 1. The minimum Gasteiger partial charge on any atom is -0.327 e. The lowest BCUT2D eigenvalue weighted by Crippen LogP contribution is -2.26. The molecule has 0 fully saturated rings. The lowest BCUT2D eigenvalue weighted by atomic mass is 10.4. The second-order valence-corrected chi connectivity index (χ2v) is 6.05. The average Bonchev–Trinajstić information content (AvgIpc) is 2.02. The normalized spacial score (nSPS) is 13.9. The van der Waals surface area contributed by atoms with E-state index in [9.17, 15) is 8.42 Å². The molecule has 1 aromatic carbocycles. The van der Waals surface area contributed by atoms with Crippen molar-refractivity contribution in [3.05, 3.63) is 28.7 Å². The second kappa shape index (κ2) is 4.42. The highest BCUT2D eigenvalue weighted by Gasteiger charge is 2.18. The van der Waals surface area contributed by atoms with Crippen molar-refractivity contribution in [3.8, 4) is 0 Å². The summed E-state index contributed by atoms with van der Waals surface area (Å²) in [7, 11) is -3.26. The Hall–Kier alpha value is -0.390. The zero-order valence-electron chi connectivity index (χ0n) is 7.77. The second-order valence-electron chi connectivity index (χ2n) is 3.19. The summed E-state index contributed by atoms with van der Waals surface area (Å²) in [6.07, 6.45) is 0. The van der Waals surface area contributed by atoms with E-state index in [1.165, 1.54) is 0 Å². The van der Waals surface area contributed by atoms with Crippen molar-refractivity contribution in [3.63, 3.8) is 0 Å². The molecule has 1 rings (SSSR count). The van der Waals surface area contributed by atoms with Crippen molar-refractivity contribution in [1.29, 1.82) is 0 Å². The smallest absolute Gasteiger partial charge is 0.180 e. The Kier molecular flexibility index (Phi) is 3.69. The highest BCUT2D eigenvalue weighted by atomic mass is 79.9. The van der Waals surface area contributed by atoms with Crippen LogP contribution in [0.5, 0.6) is 0 Å². The van der Waals surface area contributed by atoms with Crippen LogP contribution in [-0.4, -0.2) is 20.2 Å². The molecule has 14 heavy (non-hydrogen) atoms. The predicted molar refractivity (Wildman–Crippen MR) is 59.8 cm³/mol. The van der Waals surface area contributed by atoms with Crippen LogP contribution in [0.25, 0.3) is 0 Å². The van der Waals surface area contributed by atoms with Gasteiger partial charge >= 0.3 is 0 Å². The van der Waals surface area contributed by atoms with Gasteiger partial charge in [0.25, 0.3) is 0 Å². The van der Waals surface area contributed by atoms with E-state index in [1.807, 2.05) is 0 Å². The fraction of sp³-hybridized carbons (Fsp3) is 0.333. The maximum absolute atomic E-state index is 11.8. The van der Waals surface area contributed by atoms with Gasteiger partial charge in [-0.3, -0.25) is 0 Å². The molecule has 0 bridgehead atoms. The van der Waals surface area contributed by atoms with Gasteiger partial charge in [-0.1, -0.05) is 12.1 Å². The Labute approximate surface area is 92.4 Å². The minimum atomic E-state index is -3.26. The molecule has 0 saturated carbocycles. The SMILES string of the molecule is CC(N)CS(=O)(=O)c1ccccc1Br. The zero-order chi connectivity index (χ0) is 10.8. The molecule has 1 unspecified atom stereocenters. The summed E-state index contributed by atoms with van der Waals surface area (Å²) in [5.74, 6) is -0.0321. The molecule has 0 aliphatic rings. The van der Waals surface area contributed by atoms with Crippen LogP contribution in [0.4, 0.5) is 0 Å². The van der Waals surface area contributed by atoms with Gasteiger partial charge in [0.2, 0.25) is 0 Å². The molecule has 0 aromatic heterocycles. The summed E-state index contributed by atoms with van der Waals surface area (Å²) in [5, 5.41) is 0. The van der Waals surface area contributed by atoms with Crippen molar-refractivity contribution in [2.45, 2.75) is 17.9 Å². The summed E-state index contributed by atoms with van der Waals surface area (Å²) < 4.78 is 24.1. The van der Waals surface area contributed by atoms with Gasteiger partial charge in [-0.25, -0.2) is 8.42 Å². The predicted octanol–water partition coefficient (Wildman–Crippen LogP) is 1.57. The van der Waals surface area contributed by atoms with Gasteiger partial charge in [0.15, 0.2) is 9.84 Å². The fourth-order valence-electron chi connectivity index (χ4n) is 1.13. The topological polar surface area (TPSA) is 60.2 Å². The number of benzene rings is 1. The summed E-state index contributed by atoms with van der Waals surface area (Å²) in [5.41, 5.74) is 5.47. The number of nitrogens with two attached hydrogens (primary N) is 1. The molecule has 5 heteroatoms. The number of hydrogen-bond acceptors (Lipinski definition) is 3. The van der Waals surface area contributed by atoms with Crippen LogP contribution in [0, 0.1) is 0 Å². The number of hydrogen-bond donors (Lipinski definition) is 1. The van der Waals surface area contributed by atoms with Crippen LogP contribution in [0.1, 0.15) is 6.92 Å². The Morgan fingerprint density at radius 2 is 2.00 bits per heavy atom. The molecule has 0 heterocycles. The van der Waals surface area contributed by atoms with Crippen LogP contribution >= 0.6 is 15.9 Å². The Bertz CT molecular complexity index is 415. The summed E-state index contributed by atoms with van der Waals surface area (Å²) in [4.78, 5) is 0.303. The molecule has 3 nitrogen and oxygen atoms in total. The molecule has 0 aliphatic heterocycles. The Morgan fingerprint density at radius 3 is 2.50 bits per heavy atom. The van der Waals surface area contributed by atoms with Gasteiger partial charge in [-0.2, -0.15) is 0 Å². The first-order valence-electron chi connectivity index (χ1n) is 4.16. The summed E-state index contributed by atoms with van der Waals surface area (Å²) >= 11 is 3.20. The number of rotatable bonds is 3. The lowest BCUT2D eigenvalue weighted by Gasteiger charge is -2.08. The standard InChI is InChI=1S/C9H12BrNO2S/c1-7(11)6-14(12,13)9-5-3-2-4-8(9)10/h2-5,7H,6,11H2,1H3. The van der Waals surface area contributed by atoms with E-state index in [2.05, 4.69) is 15.9 Å². The van der Waals surface area contributed by atoms with E-state index in [0.717, 1.165) is 0 Å². The van der Waals surface area contributed by atoms with E-state index in [1.54, 1.807) is 31.2 Å². The molecule has 0 spiro atoms. The molecule has 0 amide bonds. The minimum absolute atomic E-state index is 0.0321. The summed E-state index contributed by atoms with van der Waals surface area (Å²) in [6, 6.07) is 6.39. The van der Waals surface area contributed by atoms with Gasteiger partial charge in [0, 0.05) is 10.5 Å². The van der Waals surface area contributed by atoms with Gasteiger partial charge in [-0.15, -0.1) is 0 Å². The van der Waals surface area contributed by atoms with E-state index >= 15 is 0 Å². The van der Waals surface area contributed by atoms with Crippen LogP contribution < -0.4 is 5.73 Å². The van der Waals surface area contributed by atoms with E-state index in [-0.39, 0.29) is 11.8 Å². The third kappa shape index (κ3) is 2.80. The summed E-state index contributed by atoms with van der Waals surface area (Å²) in [6.45, 7) is 1.67. The molecule has 0 aliphatic carbocycles. The molecule has 0 radical (unpaired) electrons. The maximum atomic E-state index is 11.8. The third-order valence-corrected chi connectivity index (χ3v) is 4.60. The van der Waals surface area contributed by atoms with Crippen LogP contribution in [0.2, 0.25) is 0 Å². The van der Waals surface area contributed by atoms with Crippen LogP contribution in [0.15, 0.2) is 33.6 Å². The van der Waals surface area contributed by atoms with Gasteiger partial charge < -0.3 is 5.73 Å². The van der Waals surface area contributed by atoms with Crippen LogP contribution in [-0.2, 0) is 9.84 Å². The van der Waals surface area contributed by atoms with Crippen molar-refractivity contribution < 1.29 is 8.42 Å². The highest BCUT2D eigenvalue weighted by molar-refractivity contribution is 9.10. The maximum Gasteiger partial charge on any atom is 0.180 e. The van der Waals surface area contributed by atoms with Crippen LogP contribution in [0.3, 0.4) is 0 Å². The molecule has 1 atom stereocenters. The monoisotopic (exact) mass is 277 g/mol. The molecule has 1 aromatic rings. The quantitative estimate of drug-likeness (QED) is 0.913. The van der Waals surface area contributed by atoms with Gasteiger partial charge in [0.05, 0.1) is 10.6 Å². The van der Waals surface area contributed by atoms with Crippen molar-refractivity contribution in [1.82, 2.24) is 0 Å². The van der Waals surface area contributed by atoms with Gasteiger partial charge in [-0.05, 0) is 35.0 Å². The largest absolute Gasteiger partial charge is 0.327 e. The lowest BCUT2D eigenvalue weighted by molar-refractivity contribution is 0.589. The first-order chi connectivity index (χ1) is 6.43. The Morgan fingerprint density at radius 1 is 1.43 bits per heavy atom. The third-order valence-electron chi connectivity index (χ3n) is 1.65. The van der Waals surface area contributed by atoms with Crippen molar-refractivity contribution >= 4 is 25.8 Å². The van der Waals surface area contributed by atoms with Crippen molar-refractivity contribution in [2.24, 2.45) is 5.73 Å². The number of halogens is 1. The molecular weight excluding hydrogens is 266 g/mol. The molecular formula is C9H12BrNO2S. The average molecular weight is 278 g/mol. The zero-order valence-corrected chi connectivity index (χ0v) is 10.2. The van der Waals surface area contributed by atoms with E-state index in [4.69, 9.17) is 5.73 Å². The van der Waals surface area contributed by atoms with E-state index in [0.29, 0.717) is 9.37 Å². The first-order valence-corrected chi connectivity index (χ1v) is 6.61. The van der Waals surface area contributed by atoms with Crippen molar-refractivity contribution in [2.75, 3.05) is 5.75 Å². The fourth-order valence-corrected chi connectivity index (χ4v) is 3.68. The molecule has 2 N–H and O–H groups in total. The molecule has 0 saturated heterocycles. The molecule has 78 valence electrons. The first kappa shape index (κ1) is 11.7. The van der Waals surface area contributed by atoms with E-state index < -0.39 is 9.84 Å². The van der Waals surface area contributed by atoms with Gasteiger partial charge in [0.1, 0.15) is 0 Å². The highest BCUT2D eigenvalue weighted by Crippen LogP contribution is 2.22.